The third-order valence-electron chi connectivity index (χ3n) is 1.99. The molecule has 3 nitrogen and oxygen atoms in total. The zero-order chi connectivity index (χ0) is 17.3. The lowest BCUT2D eigenvalue weighted by atomic mass is 10.1. The summed E-state index contributed by atoms with van der Waals surface area (Å²) in [5.74, 6) is -13.7. The van der Waals surface area contributed by atoms with Crippen molar-refractivity contribution in [2.75, 3.05) is 0 Å². The van der Waals surface area contributed by atoms with Gasteiger partial charge >= 0.3 is 23.3 Å². The molecule has 1 rings (SSSR count). The van der Waals surface area contributed by atoms with Gasteiger partial charge in [0.2, 0.25) is 11.8 Å². The number of hydrogen-bond donors (Lipinski definition) is 2. The van der Waals surface area contributed by atoms with E-state index in [4.69, 9.17) is 0 Å². The Bertz CT molecular complexity index is 377. The minimum Gasteiger partial charge on any atom is -0.296 e. The number of amides is 2. The number of alkyl halides is 9. The van der Waals surface area contributed by atoms with Crippen LogP contribution < -0.4 is 5.32 Å². The number of hydrogen-bond acceptors (Lipinski definition) is 3. The lowest BCUT2D eigenvalue weighted by molar-refractivity contribution is -0.380. The first-order chi connectivity index (χ1) is 9.04. The summed E-state index contributed by atoms with van der Waals surface area (Å²) in [5.41, 5.74) is 0. The van der Waals surface area contributed by atoms with E-state index in [-0.39, 0.29) is 11.8 Å². The molecule has 0 aromatic heterocycles. The molecule has 21 heavy (non-hydrogen) atoms. The normalized spacial score (nSPS) is 17.2. The van der Waals surface area contributed by atoms with Crippen molar-refractivity contribution in [1.82, 2.24) is 5.32 Å². The predicted molar refractivity (Wildman–Crippen MR) is 52.3 cm³/mol. The lowest BCUT2D eigenvalue weighted by Crippen LogP contribution is -2.59. The molecule has 1 heterocycles. The van der Waals surface area contributed by atoms with Crippen LogP contribution in [-0.4, -0.2) is 35.1 Å². The molecule has 124 valence electrons. The molecule has 1 aliphatic heterocycles. The topological polar surface area (TPSA) is 46.2 Å². The van der Waals surface area contributed by atoms with Crippen molar-refractivity contribution >= 4 is 24.4 Å². The molecule has 0 aliphatic carbocycles. The minimum atomic E-state index is -6.84. The Balaban J connectivity index is 0.000000471. The fraction of sp³-hybridized carbons (Fsp3) is 0.750. The summed E-state index contributed by atoms with van der Waals surface area (Å²) in [7, 11) is 0. The summed E-state index contributed by atoms with van der Waals surface area (Å²) < 4.78 is 105. The highest BCUT2D eigenvalue weighted by molar-refractivity contribution is 7.81. The monoisotopic (exact) mass is 351 g/mol. The van der Waals surface area contributed by atoms with Crippen molar-refractivity contribution in [3.63, 3.8) is 0 Å². The van der Waals surface area contributed by atoms with Gasteiger partial charge in [-0.3, -0.25) is 14.9 Å². The van der Waals surface area contributed by atoms with Gasteiger partial charge in [-0.25, -0.2) is 0 Å². The van der Waals surface area contributed by atoms with E-state index >= 15 is 0 Å². The highest BCUT2D eigenvalue weighted by atomic mass is 32.1. The van der Waals surface area contributed by atoms with Crippen LogP contribution in [0.15, 0.2) is 0 Å². The maximum absolute atomic E-state index is 11.9. The Morgan fingerprint density at radius 2 is 1.10 bits per heavy atom. The molecule has 0 bridgehead atoms. The van der Waals surface area contributed by atoms with Crippen LogP contribution >= 0.6 is 12.6 Å². The first kappa shape index (κ1) is 19.9. The van der Waals surface area contributed by atoms with Crippen molar-refractivity contribution in [2.45, 2.75) is 36.1 Å². The van der Waals surface area contributed by atoms with Gasteiger partial charge in [-0.1, -0.05) is 12.6 Å². The fourth-order valence-corrected chi connectivity index (χ4v) is 1.01. The maximum Gasteiger partial charge on any atom is 0.460 e. The Morgan fingerprint density at radius 3 is 1.19 bits per heavy atom. The van der Waals surface area contributed by atoms with Crippen LogP contribution in [0.25, 0.3) is 0 Å². The first-order valence-electron chi connectivity index (χ1n) is 4.79. The van der Waals surface area contributed by atoms with Gasteiger partial charge in [0, 0.05) is 12.8 Å². The number of nitrogens with one attached hydrogen (secondary N) is 1. The zero-order valence-electron chi connectivity index (χ0n) is 9.58. The Morgan fingerprint density at radius 1 is 0.762 bits per heavy atom. The molecule has 1 saturated heterocycles. The van der Waals surface area contributed by atoms with E-state index < -0.39 is 23.3 Å². The van der Waals surface area contributed by atoms with E-state index in [1.807, 2.05) is 0 Å². The summed E-state index contributed by atoms with van der Waals surface area (Å²) >= 11 is 1.70. The van der Waals surface area contributed by atoms with E-state index in [0.717, 1.165) is 0 Å². The second-order valence-corrected chi connectivity index (χ2v) is 4.22. The summed E-state index contributed by atoms with van der Waals surface area (Å²) in [6, 6.07) is 0. The van der Waals surface area contributed by atoms with Gasteiger partial charge in [0.1, 0.15) is 0 Å². The van der Waals surface area contributed by atoms with Gasteiger partial charge in [-0.15, -0.1) is 0 Å². The molecule has 0 aromatic rings. The number of halogens is 9. The Hall–Kier alpha value is -1.14. The van der Waals surface area contributed by atoms with Crippen LogP contribution in [0.3, 0.4) is 0 Å². The summed E-state index contributed by atoms with van der Waals surface area (Å²) in [6.45, 7) is 0. The van der Waals surface area contributed by atoms with Gasteiger partial charge in [0.15, 0.2) is 0 Å². The van der Waals surface area contributed by atoms with Gasteiger partial charge < -0.3 is 0 Å². The minimum absolute atomic E-state index is 0.148. The van der Waals surface area contributed by atoms with Crippen LogP contribution in [0.5, 0.6) is 0 Å². The highest BCUT2D eigenvalue weighted by Crippen LogP contribution is 2.54. The molecule has 0 unspecified atom stereocenters. The van der Waals surface area contributed by atoms with Crippen molar-refractivity contribution in [3.05, 3.63) is 0 Å². The third kappa shape index (κ3) is 4.41. The molecule has 0 aromatic carbocycles. The summed E-state index contributed by atoms with van der Waals surface area (Å²) in [6.07, 6.45) is -6.03. The smallest absolute Gasteiger partial charge is 0.296 e. The third-order valence-corrected chi connectivity index (χ3v) is 2.27. The molecule has 1 fully saturated rings. The average molecular weight is 351 g/mol. The highest BCUT2D eigenvalue weighted by Gasteiger charge is 2.81. The van der Waals surface area contributed by atoms with Gasteiger partial charge in [-0.2, -0.15) is 39.5 Å². The van der Waals surface area contributed by atoms with Crippen molar-refractivity contribution < 1.29 is 49.1 Å². The van der Waals surface area contributed by atoms with Crippen LogP contribution in [0, 0.1) is 0 Å². The number of rotatable bonds is 2. The molecule has 0 atom stereocenters. The molecule has 1 N–H and O–H groups in total. The first-order valence-corrected chi connectivity index (χ1v) is 5.24. The van der Waals surface area contributed by atoms with E-state index in [0.29, 0.717) is 12.8 Å². The van der Waals surface area contributed by atoms with Gasteiger partial charge in [0.05, 0.1) is 0 Å². The van der Waals surface area contributed by atoms with Crippen LogP contribution in [-0.2, 0) is 9.59 Å². The van der Waals surface area contributed by atoms with Gasteiger partial charge in [-0.05, 0) is 0 Å². The fourth-order valence-electron chi connectivity index (χ4n) is 0.874. The standard InChI is InChI=1S/C4HF9S.C4H5NO2/c5-1(6,3(9,10)11)2(7,8)4(12,13)14;6-3-1-2-4(7)5-3/h14H;1-2H2,(H,5,6,7). The van der Waals surface area contributed by atoms with Crippen molar-refractivity contribution in [2.24, 2.45) is 0 Å². The SMILES string of the molecule is FC(F)(F)C(F)(F)C(F)(F)C(F)(F)S.O=C1CCC(=O)N1. The van der Waals surface area contributed by atoms with E-state index in [1.165, 1.54) is 0 Å². The number of carbonyl (C=O) groups excluding carboxylic acids is 2. The van der Waals surface area contributed by atoms with E-state index in [2.05, 4.69) is 5.32 Å². The van der Waals surface area contributed by atoms with Crippen LogP contribution in [0.4, 0.5) is 39.5 Å². The molecule has 0 spiro atoms. The summed E-state index contributed by atoms with van der Waals surface area (Å²) in [5, 5.41) is -3.63. The quantitative estimate of drug-likeness (QED) is 0.457. The predicted octanol–water partition coefficient (Wildman–Crippen LogP) is 2.76. The molecule has 0 saturated carbocycles. The van der Waals surface area contributed by atoms with Crippen molar-refractivity contribution in [1.29, 1.82) is 0 Å². The Kier molecular flexibility index (Phi) is 5.60. The van der Waals surface area contributed by atoms with Crippen LogP contribution in [0.1, 0.15) is 12.8 Å². The molecule has 2 amide bonds. The van der Waals surface area contributed by atoms with E-state index in [9.17, 15) is 49.1 Å². The largest absolute Gasteiger partial charge is 0.460 e. The average Bonchev–Trinajstić information content (AvgIpc) is 2.59. The van der Waals surface area contributed by atoms with E-state index in [1.54, 1.807) is 12.6 Å². The van der Waals surface area contributed by atoms with Crippen molar-refractivity contribution in [3.8, 4) is 0 Å². The van der Waals surface area contributed by atoms with Crippen LogP contribution in [0.2, 0.25) is 0 Å². The summed E-state index contributed by atoms with van der Waals surface area (Å²) in [4.78, 5) is 20.2. The second-order valence-electron chi connectivity index (χ2n) is 3.66. The molecule has 13 heteroatoms. The second kappa shape index (κ2) is 5.93. The number of imide groups is 1. The van der Waals surface area contributed by atoms with Gasteiger partial charge in [0.25, 0.3) is 0 Å². The molecular weight excluding hydrogens is 345 g/mol. The molecular formula is C8H6F9NO2S. The Labute approximate surface area is 116 Å². The maximum atomic E-state index is 11.9. The lowest BCUT2D eigenvalue weighted by Gasteiger charge is -2.30. The zero-order valence-corrected chi connectivity index (χ0v) is 10.5. The number of thiol groups is 1. The molecule has 1 aliphatic rings. The number of carbonyl (C=O) groups is 2. The molecule has 0 radical (unpaired) electrons.